The van der Waals surface area contributed by atoms with E-state index in [0.29, 0.717) is 6.42 Å². The van der Waals surface area contributed by atoms with Gasteiger partial charge in [0.2, 0.25) is 0 Å². The van der Waals surface area contributed by atoms with Gasteiger partial charge in [0.05, 0.1) is 0 Å². The summed E-state index contributed by atoms with van der Waals surface area (Å²) in [6.45, 7) is 5.75. The number of aliphatic hydroxyl groups is 1. The molecule has 94 valence electrons. The predicted octanol–water partition coefficient (Wildman–Crippen LogP) is 1.43. The van der Waals surface area contributed by atoms with Gasteiger partial charge in [-0.05, 0) is 33.6 Å². The Morgan fingerprint density at radius 3 is 2.24 bits per heavy atom. The largest absolute Gasteiger partial charge is 0.422 e. The number of cyclic esters (lactones) is 2. The first kappa shape index (κ1) is 13.4. The van der Waals surface area contributed by atoms with Crippen molar-refractivity contribution in [1.82, 2.24) is 0 Å². The number of allylic oxidation sites excluding steroid dienone is 3. The van der Waals surface area contributed by atoms with E-state index >= 15 is 0 Å². The van der Waals surface area contributed by atoms with Crippen molar-refractivity contribution < 1.29 is 24.2 Å². The minimum Gasteiger partial charge on any atom is -0.386 e. The van der Waals surface area contributed by atoms with Gasteiger partial charge in [0.25, 0.3) is 0 Å². The quantitative estimate of drug-likeness (QED) is 0.457. The highest BCUT2D eigenvalue weighted by Crippen LogP contribution is 2.22. The zero-order valence-electron chi connectivity index (χ0n) is 10.1. The van der Waals surface area contributed by atoms with E-state index in [-0.39, 0.29) is 0 Å². The van der Waals surface area contributed by atoms with Gasteiger partial charge in [-0.15, -0.1) is 0 Å². The summed E-state index contributed by atoms with van der Waals surface area (Å²) in [4.78, 5) is 21.6. The molecule has 1 aliphatic rings. The van der Waals surface area contributed by atoms with Crippen LogP contribution in [0.1, 0.15) is 33.6 Å². The fraction of sp³-hybridized carbons (Fsp3) is 0.500. The van der Waals surface area contributed by atoms with Crippen LogP contribution in [0, 0.1) is 0 Å². The van der Waals surface area contributed by atoms with Gasteiger partial charge in [0, 0.05) is 6.08 Å². The summed E-state index contributed by atoms with van der Waals surface area (Å²) in [5, 5.41) is 9.63. The Kier molecular flexibility index (Phi) is 4.07. The van der Waals surface area contributed by atoms with Crippen molar-refractivity contribution in [3.8, 4) is 0 Å². The Bertz CT molecular complexity index is 372. The second kappa shape index (κ2) is 5.14. The van der Waals surface area contributed by atoms with Gasteiger partial charge in [-0.2, -0.15) is 0 Å². The zero-order valence-corrected chi connectivity index (χ0v) is 10.1. The van der Waals surface area contributed by atoms with Crippen LogP contribution in [0.3, 0.4) is 0 Å². The first-order chi connectivity index (χ1) is 7.82. The third-order valence-electron chi connectivity index (χ3n) is 2.16. The van der Waals surface area contributed by atoms with Gasteiger partial charge in [-0.1, -0.05) is 17.2 Å². The van der Waals surface area contributed by atoms with Crippen LogP contribution in [0.2, 0.25) is 0 Å². The highest BCUT2D eigenvalue weighted by molar-refractivity contribution is 6.31. The summed E-state index contributed by atoms with van der Waals surface area (Å²) in [5.41, 5.74) is 1.97. The third kappa shape index (κ3) is 4.03. The van der Waals surface area contributed by atoms with Crippen molar-refractivity contribution in [3.05, 3.63) is 23.3 Å². The molecule has 5 heteroatoms. The average molecular weight is 240 g/mol. The lowest BCUT2D eigenvalue weighted by atomic mass is 10.1. The summed E-state index contributed by atoms with van der Waals surface area (Å²) >= 11 is 0. The van der Waals surface area contributed by atoms with Gasteiger partial charge < -0.3 is 14.6 Å². The Morgan fingerprint density at radius 2 is 1.76 bits per heavy atom. The molecule has 0 atom stereocenters. The minimum absolute atomic E-state index is 0.683. The molecule has 0 aromatic heterocycles. The molecule has 17 heavy (non-hydrogen) atoms. The topological polar surface area (TPSA) is 72.8 Å². The van der Waals surface area contributed by atoms with Crippen molar-refractivity contribution in [2.45, 2.75) is 39.6 Å². The normalized spacial score (nSPS) is 18.7. The van der Waals surface area contributed by atoms with Crippen molar-refractivity contribution >= 4 is 11.9 Å². The van der Waals surface area contributed by atoms with Crippen molar-refractivity contribution in [1.29, 1.82) is 0 Å². The Hall–Kier alpha value is -1.62. The van der Waals surface area contributed by atoms with Gasteiger partial charge in [0.1, 0.15) is 0 Å². The van der Waals surface area contributed by atoms with E-state index in [4.69, 9.17) is 0 Å². The van der Waals surface area contributed by atoms with E-state index in [1.807, 2.05) is 19.9 Å². The molecule has 0 unspecified atom stereocenters. The van der Waals surface area contributed by atoms with Crippen molar-refractivity contribution in [3.63, 3.8) is 0 Å². The summed E-state index contributed by atoms with van der Waals surface area (Å²) in [6.07, 6.45) is 4.77. The Labute approximate surface area is 99.7 Å². The number of hydrogen-bond donors (Lipinski definition) is 1. The van der Waals surface area contributed by atoms with E-state index in [0.717, 1.165) is 12.0 Å². The fourth-order valence-corrected chi connectivity index (χ4v) is 1.40. The molecule has 1 fully saturated rings. The molecule has 0 saturated carbocycles. The van der Waals surface area contributed by atoms with E-state index in [9.17, 15) is 14.7 Å². The van der Waals surface area contributed by atoms with Crippen LogP contribution in [0.15, 0.2) is 23.3 Å². The molecule has 1 N–H and O–H groups in total. The number of carbonyl (C=O) groups excluding carboxylic acids is 2. The van der Waals surface area contributed by atoms with Crippen LogP contribution in [0.25, 0.3) is 0 Å². The molecule has 0 bridgehead atoms. The summed E-state index contributed by atoms with van der Waals surface area (Å²) in [7, 11) is 0. The zero-order chi connectivity index (χ0) is 13.1. The predicted molar refractivity (Wildman–Crippen MR) is 59.6 cm³/mol. The molecule has 0 spiro atoms. The smallest absolute Gasteiger partial charge is 0.386 e. The molecule has 0 amide bonds. The second-order valence-corrected chi connectivity index (χ2v) is 4.22. The molecular weight excluding hydrogens is 224 g/mol. The summed E-state index contributed by atoms with van der Waals surface area (Å²) in [5.74, 6) is -4.59. The summed E-state index contributed by atoms with van der Waals surface area (Å²) < 4.78 is 8.82. The molecule has 1 heterocycles. The van der Waals surface area contributed by atoms with E-state index < -0.39 is 17.9 Å². The Balaban J connectivity index is 2.59. The van der Waals surface area contributed by atoms with Crippen molar-refractivity contribution in [2.24, 2.45) is 0 Å². The lowest BCUT2D eigenvalue weighted by Gasteiger charge is -2.14. The fourth-order valence-electron chi connectivity index (χ4n) is 1.40. The number of ether oxygens (including phenoxy) is 2. The number of carbonyl (C=O) groups is 2. The number of esters is 2. The lowest BCUT2D eigenvalue weighted by Crippen LogP contribution is -2.27. The van der Waals surface area contributed by atoms with Gasteiger partial charge in [0.15, 0.2) is 0 Å². The maximum Gasteiger partial charge on any atom is 0.422 e. The lowest BCUT2D eigenvalue weighted by molar-refractivity contribution is -0.258. The molecule has 5 nitrogen and oxygen atoms in total. The molecule has 1 rings (SSSR count). The highest BCUT2D eigenvalue weighted by Gasteiger charge is 2.45. The Morgan fingerprint density at radius 1 is 1.24 bits per heavy atom. The SMILES string of the molecule is CC(C)=CCC/C(C)=C/C1(O)OC(=O)C(=O)O1. The van der Waals surface area contributed by atoms with E-state index in [2.05, 4.69) is 9.47 Å². The monoisotopic (exact) mass is 240 g/mol. The minimum atomic E-state index is -2.23. The van der Waals surface area contributed by atoms with Gasteiger partial charge in [-0.3, -0.25) is 0 Å². The van der Waals surface area contributed by atoms with Crippen LogP contribution in [0.5, 0.6) is 0 Å². The maximum atomic E-state index is 10.8. The van der Waals surface area contributed by atoms with E-state index in [1.54, 1.807) is 6.92 Å². The van der Waals surface area contributed by atoms with Crippen LogP contribution in [-0.2, 0) is 19.1 Å². The molecule has 0 aromatic rings. The maximum absolute atomic E-state index is 10.8. The number of hydrogen-bond acceptors (Lipinski definition) is 5. The second-order valence-electron chi connectivity index (χ2n) is 4.22. The van der Waals surface area contributed by atoms with Crippen LogP contribution < -0.4 is 0 Å². The third-order valence-corrected chi connectivity index (χ3v) is 2.16. The van der Waals surface area contributed by atoms with Gasteiger partial charge in [-0.25, -0.2) is 9.59 Å². The first-order valence-electron chi connectivity index (χ1n) is 5.33. The molecule has 0 radical (unpaired) electrons. The van der Waals surface area contributed by atoms with Gasteiger partial charge >= 0.3 is 17.9 Å². The van der Waals surface area contributed by atoms with Crippen molar-refractivity contribution in [2.75, 3.05) is 0 Å². The molecule has 1 aliphatic heterocycles. The molecule has 0 aliphatic carbocycles. The molecule has 1 saturated heterocycles. The van der Waals surface area contributed by atoms with Crippen LogP contribution >= 0.6 is 0 Å². The van der Waals surface area contributed by atoms with Crippen LogP contribution in [0.4, 0.5) is 0 Å². The highest BCUT2D eigenvalue weighted by atomic mass is 16.9. The number of rotatable bonds is 4. The average Bonchev–Trinajstić information content (AvgIpc) is 2.39. The van der Waals surface area contributed by atoms with E-state index in [1.165, 1.54) is 11.6 Å². The molecular formula is C12H16O5. The van der Waals surface area contributed by atoms with Crippen LogP contribution in [-0.4, -0.2) is 23.0 Å². The first-order valence-corrected chi connectivity index (χ1v) is 5.33. The standard InChI is InChI=1S/C12H16O5/c1-8(2)5-4-6-9(3)7-12(15)16-10(13)11(14)17-12/h5,7,15H,4,6H2,1-3H3/b9-7+. The summed E-state index contributed by atoms with van der Waals surface area (Å²) in [6, 6.07) is 0. The molecule has 0 aromatic carbocycles.